The molecule has 3 N–H and O–H groups in total. The monoisotopic (exact) mass is 383 g/mol. The zero-order chi connectivity index (χ0) is 15.6. The first-order valence-corrected chi connectivity index (χ1v) is 6.39. The van der Waals surface area contributed by atoms with Crippen molar-refractivity contribution in [2.75, 3.05) is 11.1 Å². The van der Waals surface area contributed by atoms with Gasteiger partial charge in [-0.1, -0.05) is 0 Å². The van der Waals surface area contributed by atoms with Gasteiger partial charge < -0.3 is 15.8 Å². The lowest BCUT2D eigenvalue weighted by Gasteiger charge is -2.12. The van der Waals surface area contributed by atoms with Crippen molar-refractivity contribution in [3.63, 3.8) is 0 Å². The van der Waals surface area contributed by atoms with Gasteiger partial charge in [0, 0.05) is 5.69 Å². The van der Waals surface area contributed by atoms with Crippen molar-refractivity contribution in [3.05, 3.63) is 28.0 Å². The van der Waals surface area contributed by atoms with E-state index in [4.69, 9.17) is 17.3 Å². The van der Waals surface area contributed by atoms with Gasteiger partial charge in [0.05, 0.1) is 4.47 Å². The molecule has 6 nitrogen and oxygen atoms in total. The molecule has 0 aliphatic rings. The average Bonchev–Trinajstić information content (AvgIpc) is 2.30. The zero-order valence-corrected chi connectivity index (χ0v) is 12.3. The maximum Gasteiger partial charge on any atom is 0.573 e. The molecule has 1 aromatic heterocycles. The lowest BCUT2D eigenvalue weighted by Crippen LogP contribution is -2.17. The van der Waals surface area contributed by atoms with E-state index in [1.165, 1.54) is 12.1 Å². The molecule has 0 fully saturated rings. The molecule has 0 unspecified atom stereocenters. The highest BCUT2D eigenvalue weighted by Gasteiger charge is 2.31. The molecule has 0 atom stereocenters. The molecular formula is C10H6BrClF3N5O. The summed E-state index contributed by atoms with van der Waals surface area (Å²) >= 11 is 8.58. The van der Waals surface area contributed by atoms with Crippen LogP contribution in [0.15, 0.2) is 22.7 Å². The highest BCUT2D eigenvalue weighted by Crippen LogP contribution is 2.33. The van der Waals surface area contributed by atoms with Gasteiger partial charge in [0.15, 0.2) is 0 Å². The molecule has 0 radical (unpaired) electrons. The van der Waals surface area contributed by atoms with Crippen LogP contribution in [0.1, 0.15) is 0 Å². The summed E-state index contributed by atoms with van der Waals surface area (Å²) in [4.78, 5) is 11.1. The van der Waals surface area contributed by atoms with E-state index in [2.05, 4.69) is 40.9 Å². The molecule has 0 amide bonds. The molecule has 0 saturated heterocycles. The van der Waals surface area contributed by atoms with Crippen molar-refractivity contribution in [2.45, 2.75) is 6.36 Å². The highest BCUT2D eigenvalue weighted by molar-refractivity contribution is 9.10. The van der Waals surface area contributed by atoms with E-state index in [9.17, 15) is 13.2 Å². The van der Waals surface area contributed by atoms with E-state index in [0.29, 0.717) is 5.69 Å². The summed E-state index contributed by atoms with van der Waals surface area (Å²) in [6.45, 7) is 0. The minimum atomic E-state index is -4.77. The lowest BCUT2D eigenvalue weighted by atomic mass is 10.3. The summed E-state index contributed by atoms with van der Waals surface area (Å²) in [5.74, 6) is -0.404. The summed E-state index contributed by atoms with van der Waals surface area (Å²) in [6.07, 6.45) is -4.77. The lowest BCUT2D eigenvalue weighted by molar-refractivity contribution is -0.274. The standard InChI is InChI=1S/C10H6BrClF3N5O/c11-5-3-4(1-2-6(5)21-10(13,14)15)17-9-19-7(12)18-8(16)20-9/h1-3H,(H3,16,17,18,19,20). The average molecular weight is 385 g/mol. The van der Waals surface area contributed by atoms with Crippen molar-refractivity contribution >= 4 is 45.1 Å². The van der Waals surface area contributed by atoms with Gasteiger partial charge in [-0.2, -0.15) is 15.0 Å². The molecule has 0 bridgehead atoms. The molecule has 11 heteroatoms. The van der Waals surface area contributed by atoms with Crippen LogP contribution in [0.3, 0.4) is 0 Å². The molecular weight excluding hydrogens is 378 g/mol. The van der Waals surface area contributed by atoms with Crippen LogP contribution in [0, 0.1) is 0 Å². The molecule has 112 valence electrons. The van der Waals surface area contributed by atoms with Crippen LogP contribution in [-0.2, 0) is 0 Å². The molecule has 0 aliphatic heterocycles. The Morgan fingerprint density at radius 1 is 1.24 bits per heavy atom. The van der Waals surface area contributed by atoms with E-state index >= 15 is 0 Å². The largest absolute Gasteiger partial charge is 0.573 e. The third-order valence-electron chi connectivity index (χ3n) is 2.04. The van der Waals surface area contributed by atoms with Gasteiger partial charge in [-0.15, -0.1) is 13.2 Å². The van der Waals surface area contributed by atoms with E-state index < -0.39 is 6.36 Å². The number of rotatable bonds is 3. The van der Waals surface area contributed by atoms with Gasteiger partial charge >= 0.3 is 6.36 Å². The quantitative estimate of drug-likeness (QED) is 0.842. The van der Waals surface area contributed by atoms with E-state index in [1.807, 2.05) is 0 Å². The number of benzene rings is 1. The Morgan fingerprint density at radius 2 is 1.95 bits per heavy atom. The minimum absolute atomic E-state index is 0.0592. The number of halogens is 5. The number of hydrogen-bond donors (Lipinski definition) is 2. The number of nitrogens with two attached hydrogens (primary N) is 1. The molecule has 21 heavy (non-hydrogen) atoms. The third kappa shape index (κ3) is 4.60. The molecule has 1 aromatic carbocycles. The second kappa shape index (κ2) is 5.90. The Morgan fingerprint density at radius 3 is 2.52 bits per heavy atom. The summed E-state index contributed by atoms with van der Waals surface area (Å²) in [7, 11) is 0. The van der Waals surface area contributed by atoms with Gasteiger partial charge in [0.25, 0.3) is 0 Å². The number of hydrogen-bond acceptors (Lipinski definition) is 6. The SMILES string of the molecule is Nc1nc(Cl)nc(Nc2ccc(OC(F)(F)F)c(Br)c2)n1. The molecule has 0 aliphatic carbocycles. The van der Waals surface area contributed by atoms with Crippen LogP contribution >= 0.6 is 27.5 Å². The van der Waals surface area contributed by atoms with Crippen LogP contribution < -0.4 is 15.8 Å². The predicted molar refractivity (Wildman–Crippen MR) is 73.4 cm³/mol. The second-order valence-corrected chi connectivity index (χ2v) is 4.80. The first-order chi connectivity index (χ1) is 9.73. The summed E-state index contributed by atoms with van der Waals surface area (Å²) in [5, 5.41) is 2.61. The number of anilines is 3. The number of nitrogens with one attached hydrogen (secondary N) is 1. The molecule has 0 spiro atoms. The number of ether oxygens (including phenoxy) is 1. The number of nitrogen functional groups attached to an aromatic ring is 1. The van der Waals surface area contributed by atoms with Crippen LogP contribution in [0.4, 0.5) is 30.8 Å². The van der Waals surface area contributed by atoms with Gasteiger partial charge in [-0.3, -0.25) is 0 Å². The predicted octanol–water partition coefficient (Wildman–Crippen LogP) is 3.51. The van der Waals surface area contributed by atoms with Gasteiger partial charge in [0.2, 0.25) is 17.2 Å². The fourth-order valence-electron chi connectivity index (χ4n) is 1.34. The van der Waals surface area contributed by atoms with Gasteiger partial charge in [0.1, 0.15) is 5.75 Å². The van der Waals surface area contributed by atoms with Crippen LogP contribution in [0.5, 0.6) is 5.75 Å². The molecule has 0 saturated carbocycles. The Balaban J connectivity index is 2.20. The van der Waals surface area contributed by atoms with E-state index in [1.54, 1.807) is 0 Å². The highest BCUT2D eigenvalue weighted by atomic mass is 79.9. The number of alkyl halides is 3. The van der Waals surface area contributed by atoms with E-state index in [0.717, 1.165) is 6.07 Å². The smallest absolute Gasteiger partial charge is 0.405 e. The first kappa shape index (κ1) is 15.6. The van der Waals surface area contributed by atoms with Gasteiger partial charge in [-0.05, 0) is 45.7 Å². The third-order valence-corrected chi connectivity index (χ3v) is 2.83. The Kier molecular flexibility index (Phi) is 4.37. The van der Waals surface area contributed by atoms with Crippen molar-refractivity contribution < 1.29 is 17.9 Å². The maximum atomic E-state index is 12.1. The molecule has 1 heterocycles. The molecule has 2 aromatic rings. The van der Waals surface area contributed by atoms with Crippen LogP contribution in [-0.4, -0.2) is 21.3 Å². The number of nitrogens with zero attached hydrogens (tertiary/aromatic N) is 3. The zero-order valence-electron chi connectivity index (χ0n) is 9.95. The van der Waals surface area contributed by atoms with Crippen LogP contribution in [0.25, 0.3) is 0 Å². The van der Waals surface area contributed by atoms with Crippen molar-refractivity contribution in [3.8, 4) is 5.75 Å². The topological polar surface area (TPSA) is 86.0 Å². The number of aromatic nitrogens is 3. The second-order valence-electron chi connectivity index (χ2n) is 3.60. The van der Waals surface area contributed by atoms with Crippen molar-refractivity contribution in [1.82, 2.24) is 15.0 Å². The fraction of sp³-hybridized carbons (Fsp3) is 0.100. The summed E-state index contributed by atoms with van der Waals surface area (Å²) in [5.41, 5.74) is 5.80. The van der Waals surface area contributed by atoms with Gasteiger partial charge in [-0.25, -0.2) is 0 Å². The fourth-order valence-corrected chi connectivity index (χ4v) is 1.96. The normalized spacial score (nSPS) is 11.3. The maximum absolute atomic E-state index is 12.1. The van der Waals surface area contributed by atoms with E-state index in [-0.39, 0.29) is 27.4 Å². The van der Waals surface area contributed by atoms with Crippen molar-refractivity contribution in [1.29, 1.82) is 0 Å². The van der Waals surface area contributed by atoms with Crippen LogP contribution in [0.2, 0.25) is 5.28 Å². The molecule has 2 rings (SSSR count). The Hall–Kier alpha value is -1.81. The Labute approximate surface area is 129 Å². The minimum Gasteiger partial charge on any atom is -0.405 e. The van der Waals surface area contributed by atoms with Crippen molar-refractivity contribution in [2.24, 2.45) is 0 Å². The Bertz CT molecular complexity index is 649. The summed E-state index contributed by atoms with van der Waals surface area (Å²) in [6, 6.07) is 3.83. The summed E-state index contributed by atoms with van der Waals surface area (Å²) < 4.78 is 40.3. The first-order valence-electron chi connectivity index (χ1n) is 5.22.